The third-order valence-electron chi connectivity index (χ3n) is 6.37. The maximum Gasteiger partial charge on any atom is 0.416 e. The van der Waals surface area contributed by atoms with E-state index in [0.717, 1.165) is 25.0 Å². The quantitative estimate of drug-likeness (QED) is 0.253. The molecule has 0 saturated carbocycles. The first-order valence-corrected chi connectivity index (χ1v) is 14.3. The molecular weight excluding hydrogens is 406 g/mol. The molecule has 0 N–H and O–H groups in total. The van der Waals surface area contributed by atoms with Gasteiger partial charge < -0.3 is 9.16 Å². The fourth-order valence-electron chi connectivity index (χ4n) is 3.27. The predicted molar refractivity (Wildman–Crippen MR) is 127 cm³/mol. The van der Waals surface area contributed by atoms with E-state index in [2.05, 4.69) is 39.9 Å². The van der Waals surface area contributed by atoms with Crippen LogP contribution in [0.25, 0.3) is 0 Å². The molecule has 1 aliphatic rings. The number of hydrogen-bond acceptors (Lipinski definition) is 4. The topological polar surface area (TPSA) is 55.8 Å². The number of amides is 2. The van der Waals surface area contributed by atoms with Gasteiger partial charge in [0.05, 0.1) is 6.04 Å². The molecule has 1 aromatic carbocycles. The molecule has 1 saturated heterocycles. The van der Waals surface area contributed by atoms with E-state index < -0.39 is 14.4 Å². The summed E-state index contributed by atoms with van der Waals surface area (Å²) in [5, 5.41) is 0.230. The highest BCUT2D eigenvalue weighted by atomic mass is 28.4. The van der Waals surface area contributed by atoms with E-state index in [0.29, 0.717) is 12.8 Å². The van der Waals surface area contributed by atoms with Crippen LogP contribution in [0, 0.1) is 5.92 Å². The van der Waals surface area contributed by atoms with Crippen LogP contribution in [0.4, 0.5) is 4.79 Å². The van der Waals surface area contributed by atoms with Crippen LogP contribution in [0.1, 0.15) is 52.5 Å². The second kappa shape index (κ2) is 11.1. The van der Waals surface area contributed by atoms with Crippen LogP contribution in [-0.2, 0) is 20.4 Å². The Kier molecular flexibility index (Phi) is 9.07. The van der Waals surface area contributed by atoms with Gasteiger partial charge in [0, 0.05) is 12.5 Å². The van der Waals surface area contributed by atoms with E-state index in [-0.39, 0.29) is 29.5 Å². The highest BCUT2D eigenvalue weighted by Crippen LogP contribution is 2.36. The van der Waals surface area contributed by atoms with Crippen molar-refractivity contribution in [3.8, 4) is 0 Å². The van der Waals surface area contributed by atoms with Crippen molar-refractivity contribution in [3.05, 3.63) is 48.0 Å². The average Bonchev–Trinajstić information content (AvgIpc) is 3.06. The van der Waals surface area contributed by atoms with E-state index >= 15 is 0 Å². The lowest BCUT2D eigenvalue weighted by Gasteiger charge is -2.36. The summed E-state index contributed by atoms with van der Waals surface area (Å²) in [6.45, 7) is 14.2. The standard InChI is InChI=1S/C25H39NO4Si/c1-20(14-10-7-8-13-17-30-31(5,6)25(2,3)4)23(27)26-22(19-29-24(26)28)18-21-15-11-9-12-16-21/h7,9-12,15-16,20,22H,8,13-14,17-19H2,1-6H3/b10-7+/t20-,22+/m0/s1. The predicted octanol–water partition coefficient (Wildman–Crippen LogP) is 5.96. The fraction of sp³-hybridized carbons (Fsp3) is 0.600. The first-order chi connectivity index (χ1) is 14.5. The molecule has 1 aromatic rings. The van der Waals surface area contributed by atoms with E-state index in [4.69, 9.17) is 9.16 Å². The summed E-state index contributed by atoms with van der Waals surface area (Å²) in [6, 6.07) is 9.66. The van der Waals surface area contributed by atoms with Crippen molar-refractivity contribution in [1.29, 1.82) is 0 Å². The largest absolute Gasteiger partial charge is 0.447 e. The molecule has 1 heterocycles. The molecule has 0 aromatic heterocycles. The number of unbranched alkanes of at least 4 members (excludes halogenated alkanes) is 1. The summed E-state index contributed by atoms with van der Waals surface area (Å²) in [6.07, 6.45) is 6.77. The number of ether oxygens (including phenoxy) is 1. The van der Waals surface area contributed by atoms with Crippen molar-refractivity contribution in [3.63, 3.8) is 0 Å². The van der Waals surface area contributed by atoms with Crippen LogP contribution in [-0.4, -0.2) is 44.5 Å². The third kappa shape index (κ3) is 7.32. The summed E-state index contributed by atoms with van der Waals surface area (Å²) in [4.78, 5) is 26.4. The lowest BCUT2D eigenvalue weighted by atomic mass is 10.0. The number of carbonyl (C=O) groups excluding carboxylic acids is 2. The smallest absolute Gasteiger partial charge is 0.416 e. The van der Waals surface area contributed by atoms with E-state index in [1.54, 1.807) is 0 Å². The molecule has 5 nitrogen and oxygen atoms in total. The Balaban J connectivity index is 1.77. The van der Waals surface area contributed by atoms with Crippen molar-refractivity contribution < 1.29 is 18.8 Å². The molecule has 1 fully saturated rings. The van der Waals surface area contributed by atoms with Gasteiger partial charge in [0.1, 0.15) is 6.61 Å². The maximum atomic E-state index is 12.9. The molecule has 2 atom stereocenters. The Morgan fingerprint density at radius 1 is 1.26 bits per heavy atom. The van der Waals surface area contributed by atoms with Gasteiger partial charge in [-0.05, 0) is 49.4 Å². The van der Waals surface area contributed by atoms with Crippen LogP contribution in [0.2, 0.25) is 18.1 Å². The number of allylic oxidation sites excluding steroid dienone is 2. The fourth-order valence-corrected chi connectivity index (χ4v) is 4.36. The van der Waals surface area contributed by atoms with E-state index in [9.17, 15) is 9.59 Å². The Morgan fingerprint density at radius 3 is 2.58 bits per heavy atom. The average molecular weight is 446 g/mol. The normalized spacial score (nSPS) is 18.5. The van der Waals surface area contributed by atoms with Crippen molar-refractivity contribution in [2.24, 2.45) is 5.92 Å². The van der Waals surface area contributed by atoms with E-state index in [1.807, 2.05) is 43.3 Å². The number of hydrogen-bond donors (Lipinski definition) is 0. The SMILES string of the molecule is C[C@@H](C/C=C/CCCO[Si](C)(C)C(C)(C)C)C(=O)N1C(=O)OC[C@H]1Cc1ccccc1. The zero-order valence-electron chi connectivity index (χ0n) is 20.0. The summed E-state index contributed by atoms with van der Waals surface area (Å²) in [5.74, 6) is -0.419. The second-order valence-corrected chi connectivity index (χ2v) is 14.8. The van der Waals surface area contributed by atoms with Gasteiger partial charge in [-0.2, -0.15) is 0 Å². The highest BCUT2D eigenvalue weighted by molar-refractivity contribution is 6.74. The molecule has 2 rings (SSSR count). The van der Waals surface area contributed by atoms with Crippen molar-refractivity contribution >= 4 is 20.3 Å². The van der Waals surface area contributed by atoms with Crippen LogP contribution in [0.15, 0.2) is 42.5 Å². The third-order valence-corrected chi connectivity index (χ3v) is 10.9. The minimum absolute atomic E-state index is 0.158. The molecule has 0 bridgehead atoms. The molecule has 2 amide bonds. The van der Waals surface area contributed by atoms with E-state index in [1.165, 1.54) is 4.90 Å². The lowest BCUT2D eigenvalue weighted by Crippen LogP contribution is -2.42. The van der Waals surface area contributed by atoms with Gasteiger partial charge in [-0.15, -0.1) is 0 Å². The minimum Gasteiger partial charge on any atom is -0.447 e. The van der Waals surface area contributed by atoms with Crippen LogP contribution < -0.4 is 0 Å². The number of benzene rings is 1. The number of rotatable bonds is 10. The van der Waals surface area contributed by atoms with Crippen molar-refractivity contribution in [2.75, 3.05) is 13.2 Å². The lowest BCUT2D eigenvalue weighted by molar-refractivity contribution is -0.132. The number of carbonyl (C=O) groups is 2. The number of imide groups is 1. The van der Waals surface area contributed by atoms with Gasteiger partial charge in [-0.25, -0.2) is 9.69 Å². The van der Waals surface area contributed by atoms with Gasteiger partial charge in [0.2, 0.25) is 5.91 Å². The Morgan fingerprint density at radius 2 is 1.94 bits per heavy atom. The van der Waals surface area contributed by atoms with Gasteiger partial charge in [-0.3, -0.25) is 4.79 Å². The van der Waals surface area contributed by atoms with Gasteiger partial charge in [-0.1, -0.05) is 70.2 Å². The van der Waals surface area contributed by atoms with Gasteiger partial charge >= 0.3 is 6.09 Å². The van der Waals surface area contributed by atoms with Crippen molar-refractivity contribution in [1.82, 2.24) is 4.90 Å². The Hall–Kier alpha value is -1.92. The van der Waals surface area contributed by atoms with Crippen LogP contribution in [0.3, 0.4) is 0 Å². The summed E-state index contributed by atoms with van der Waals surface area (Å²) >= 11 is 0. The molecule has 0 radical (unpaired) electrons. The highest BCUT2D eigenvalue weighted by Gasteiger charge is 2.39. The first-order valence-electron chi connectivity index (χ1n) is 11.4. The molecule has 0 aliphatic carbocycles. The molecule has 0 spiro atoms. The second-order valence-electron chi connectivity index (χ2n) is 9.99. The summed E-state index contributed by atoms with van der Waals surface area (Å²) in [5.41, 5.74) is 1.09. The molecule has 0 unspecified atom stereocenters. The molecule has 31 heavy (non-hydrogen) atoms. The molecular formula is C25H39NO4Si. The van der Waals surface area contributed by atoms with Gasteiger partial charge in [0.25, 0.3) is 0 Å². The maximum absolute atomic E-state index is 12.9. The minimum atomic E-state index is -1.68. The summed E-state index contributed by atoms with van der Waals surface area (Å²) < 4.78 is 11.4. The first kappa shape index (κ1) is 25.3. The Labute approximate surface area is 188 Å². The van der Waals surface area contributed by atoms with Crippen LogP contribution in [0.5, 0.6) is 0 Å². The molecule has 1 aliphatic heterocycles. The number of cyclic esters (lactones) is 1. The monoisotopic (exact) mass is 445 g/mol. The Bertz CT molecular complexity index is 755. The summed E-state index contributed by atoms with van der Waals surface area (Å²) in [7, 11) is -1.68. The zero-order chi connectivity index (χ0) is 23.1. The zero-order valence-corrected chi connectivity index (χ0v) is 21.0. The van der Waals surface area contributed by atoms with Gasteiger partial charge in [0.15, 0.2) is 8.32 Å². The molecule has 172 valence electrons. The molecule has 6 heteroatoms. The van der Waals surface area contributed by atoms with Crippen molar-refractivity contribution in [2.45, 2.75) is 77.6 Å². The number of nitrogens with zero attached hydrogens (tertiary/aromatic N) is 1. The van der Waals surface area contributed by atoms with Crippen LogP contribution >= 0.6 is 0 Å².